The minimum atomic E-state index is -0.404. The number of hydrogen-bond donors (Lipinski definition) is 1. The van der Waals surface area contributed by atoms with E-state index in [4.69, 9.17) is 11.6 Å². The molecule has 0 radical (unpaired) electrons. The second kappa shape index (κ2) is 5.77. The molecule has 6 heteroatoms. The number of nitrogens with one attached hydrogen (secondary N) is 1. The van der Waals surface area contributed by atoms with Gasteiger partial charge in [0.2, 0.25) is 0 Å². The van der Waals surface area contributed by atoms with E-state index < -0.39 is 4.92 Å². The number of rotatable bonds is 4. The van der Waals surface area contributed by atoms with E-state index in [2.05, 4.69) is 5.32 Å². The molecule has 1 amide bonds. The lowest BCUT2D eigenvalue weighted by atomic mass is 10.1. The summed E-state index contributed by atoms with van der Waals surface area (Å²) in [5.41, 5.74) is 1.51. The van der Waals surface area contributed by atoms with Crippen LogP contribution in [-0.2, 0) is 0 Å². The number of carbonyl (C=O) groups is 1. The number of anilines is 1. The molecular formula is C16H13ClN2O3. The van der Waals surface area contributed by atoms with Crippen LogP contribution in [0.3, 0.4) is 0 Å². The van der Waals surface area contributed by atoms with Crippen LogP contribution in [0.15, 0.2) is 42.5 Å². The van der Waals surface area contributed by atoms with Crippen LogP contribution in [0.4, 0.5) is 11.4 Å². The Hall–Kier alpha value is -2.40. The highest BCUT2D eigenvalue weighted by Gasteiger charge is 2.30. The van der Waals surface area contributed by atoms with Gasteiger partial charge in [-0.15, -0.1) is 0 Å². The van der Waals surface area contributed by atoms with Crippen LogP contribution in [0.25, 0.3) is 0 Å². The van der Waals surface area contributed by atoms with E-state index >= 15 is 0 Å². The summed E-state index contributed by atoms with van der Waals surface area (Å²) in [5, 5.41) is 14.2. The number of hydrogen-bond acceptors (Lipinski definition) is 3. The van der Waals surface area contributed by atoms with Crippen molar-refractivity contribution in [1.29, 1.82) is 0 Å². The van der Waals surface area contributed by atoms with Gasteiger partial charge in [-0.3, -0.25) is 14.9 Å². The fourth-order valence-electron chi connectivity index (χ4n) is 2.36. The molecule has 1 N–H and O–H groups in total. The van der Waals surface area contributed by atoms with Gasteiger partial charge in [-0.05, 0) is 43.0 Å². The third-order valence-corrected chi connectivity index (χ3v) is 3.95. The van der Waals surface area contributed by atoms with E-state index in [-0.39, 0.29) is 17.5 Å². The molecular weight excluding hydrogens is 304 g/mol. The first-order chi connectivity index (χ1) is 10.6. The van der Waals surface area contributed by atoms with E-state index in [1.807, 2.05) is 0 Å². The molecule has 0 spiro atoms. The van der Waals surface area contributed by atoms with Crippen molar-refractivity contribution in [1.82, 2.24) is 0 Å². The van der Waals surface area contributed by atoms with Crippen LogP contribution >= 0.6 is 11.6 Å². The first-order valence-corrected chi connectivity index (χ1v) is 7.28. The highest BCUT2D eigenvalue weighted by Crippen LogP contribution is 2.44. The summed E-state index contributed by atoms with van der Waals surface area (Å²) < 4.78 is 0. The second-order valence-corrected chi connectivity index (χ2v) is 5.65. The van der Waals surface area contributed by atoms with E-state index in [9.17, 15) is 14.9 Å². The van der Waals surface area contributed by atoms with E-state index in [0.29, 0.717) is 16.3 Å². The summed E-state index contributed by atoms with van der Waals surface area (Å²) in [6.07, 6.45) is 1.96. The summed E-state index contributed by atoms with van der Waals surface area (Å²) in [6.45, 7) is 0. The Kier molecular flexibility index (Phi) is 3.81. The SMILES string of the molecule is O=C(Nc1ccc(C2CC2)c([N+](=O)[O-])c1)c1ccccc1Cl. The Morgan fingerprint density at radius 1 is 1.23 bits per heavy atom. The van der Waals surface area contributed by atoms with Crippen LogP contribution in [0, 0.1) is 10.1 Å². The Balaban J connectivity index is 1.86. The Labute approximate surface area is 132 Å². The molecule has 1 aliphatic rings. The Morgan fingerprint density at radius 3 is 2.59 bits per heavy atom. The predicted molar refractivity (Wildman–Crippen MR) is 84.5 cm³/mol. The molecule has 0 heterocycles. The van der Waals surface area contributed by atoms with E-state index in [1.54, 1.807) is 36.4 Å². The molecule has 22 heavy (non-hydrogen) atoms. The fourth-order valence-corrected chi connectivity index (χ4v) is 2.58. The lowest BCUT2D eigenvalue weighted by Crippen LogP contribution is -2.12. The van der Waals surface area contributed by atoms with E-state index in [1.165, 1.54) is 6.07 Å². The molecule has 0 saturated heterocycles. The van der Waals surface area contributed by atoms with Gasteiger partial charge in [-0.1, -0.05) is 23.7 Å². The maximum atomic E-state index is 12.2. The molecule has 0 atom stereocenters. The number of amides is 1. The van der Waals surface area contributed by atoms with Crippen molar-refractivity contribution >= 4 is 28.9 Å². The predicted octanol–water partition coefficient (Wildman–Crippen LogP) is 4.38. The lowest BCUT2D eigenvalue weighted by molar-refractivity contribution is -0.385. The largest absolute Gasteiger partial charge is 0.322 e. The molecule has 1 aliphatic carbocycles. The summed E-state index contributed by atoms with van der Waals surface area (Å²) in [6, 6.07) is 11.5. The summed E-state index contributed by atoms with van der Waals surface area (Å²) in [5.74, 6) is -0.118. The third kappa shape index (κ3) is 2.94. The normalized spacial score (nSPS) is 13.7. The number of benzene rings is 2. The van der Waals surface area contributed by atoms with Crippen LogP contribution in [0.2, 0.25) is 5.02 Å². The van der Waals surface area contributed by atoms with Gasteiger partial charge in [0.25, 0.3) is 11.6 Å². The van der Waals surface area contributed by atoms with Crippen molar-refractivity contribution in [2.45, 2.75) is 18.8 Å². The van der Waals surface area contributed by atoms with Gasteiger partial charge in [-0.2, -0.15) is 0 Å². The zero-order valence-corrected chi connectivity index (χ0v) is 12.3. The number of halogens is 1. The Morgan fingerprint density at radius 2 is 1.95 bits per heavy atom. The minimum absolute atomic E-state index is 0.0551. The van der Waals surface area contributed by atoms with Gasteiger partial charge in [0.1, 0.15) is 0 Å². The van der Waals surface area contributed by atoms with Gasteiger partial charge < -0.3 is 5.32 Å². The third-order valence-electron chi connectivity index (χ3n) is 3.62. The topological polar surface area (TPSA) is 72.2 Å². The van der Waals surface area contributed by atoms with Crippen molar-refractivity contribution in [3.8, 4) is 0 Å². The van der Waals surface area contributed by atoms with Crippen molar-refractivity contribution in [2.24, 2.45) is 0 Å². The zero-order valence-electron chi connectivity index (χ0n) is 11.6. The number of nitro groups is 1. The van der Waals surface area contributed by atoms with Crippen LogP contribution in [0.1, 0.15) is 34.7 Å². The van der Waals surface area contributed by atoms with Crippen LogP contribution in [0.5, 0.6) is 0 Å². The first-order valence-electron chi connectivity index (χ1n) is 6.90. The molecule has 0 bridgehead atoms. The summed E-state index contributed by atoms with van der Waals surface area (Å²) >= 11 is 5.97. The minimum Gasteiger partial charge on any atom is -0.322 e. The fraction of sp³-hybridized carbons (Fsp3) is 0.188. The zero-order chi connectivity index (χ0) is 15.7. The van der Waals surface area contributed by atoms with Crippen LogP contribution < -0.4 is 5.32 Å². The molecule has 3 rings (SSSR count). The van der Waals surface area contributed by atoms with Gasteiger partial charge in [0.05, 0.1) is 15.5 Å². The smallest absolute Gasteiger partial charge is 0.274 e. The van der Waals surface area contributed by atoms with Gasteiger partial charge in [-0.25, -0.2) is 0 Å². The number of nitrogens with zero attached hydrogens (tertiary/aromatic N) is 1. The molecule has 2 aromatic carbocycles. The van der Waals surface area contributed by atoms with Crippen LogP contribution in [-0.4, -0.2) is 10.8 Å². The van der Waals surface area contributed by atoms with Gasteiger partial charge in [0, 0.05) is 17.3 Å². The van der Waals surface area contributed by atoms with Crippen molar-refractivity contribution in [3.63, 3.8) is 0 Å². The average Bonchev–Trinajstić information content (AvgIpc) is 3.32. The second-order valence-electron chi connectivity index (χ2n) is 5.24. The monoisotopic (exact) mass is 316 g/mol. The highest BCUT2D eigenvalue weighted by molar-refractivity contribution is 6.34. The molecule has 2 aromatic rings. The standard InChI is InChI=1S/C16H13ClN2O3/c17-14-4-2-1-3-13(14)16(20)18-11-7-8-12(10-5-6-10)15(9-11)19(21)22/h1-4,7-10H,5-6H2,(H,18,20). The first kappa shape index (κ1) is 14.5. The van der Waals surface area contributed by atoms with Gasteiger partial charge in [0.15, 0.2) is 0 Å². The van der Waals surface area contributed by atoms with Crippen molar-refractivity contribution in [2.75, 3.05) is 5.32 Å². The highest BCUT2D eigenvalue weighted by atomic mass is 35.5. The maximum Gasteiger partial charge on any atom is 0.274 e. The molecule has 5 nitrogen and oxygen atoms in total. The van der Waals surface area contributed by atoms with E-state index in [0.717, 1.165) is 18.4 Å². The average molecular weight is 317 g/mol. The molecule has 0 aromatic heterocycles. The summed E-state index contributed by atoms with van der Waals surface area (Å²) in [4.78, 5) is 23.0. The van der Waals surface area contributed by atoms with Crippen molar-refractivity contribution < 1.29 is 9.72 Å². The molecule has 112 valence electrons. The molecule has 1 fully saturated rings. The van der Waals surface area contributed by atoms with Gasteiger partial charge >= 0.3 is 0 Å². The number of carbonyl (C=O) groups excluding carboxylic acids is 1. The number of nitro benzene ring substituents is 1. The summed E-state index contributed by atoms with van der Waals surface area (Å²) in [7, 11) is 0. The Bertz CT molecular complexity index is 757. The lowest BCUT2D eigenvalue weighted by Gasteiger charge is -2.08. The molecule has 0 unspecified atom stereocenters. The molecule has 0 aliphatic heterocycles. The quantitative estimate of drug-likeness (QED) is 0.672. The van der Waals surface area contributed by atoms with Crippen molar-refractivity contribution in [3.05, 3.63) is 68.7 Å². The molecule has 1 saturated carbocycles. The maximum absolute atomic E-state index is 12.2.